The molecule has 0 aliphatic heterocycles. The van der Waals surface area contributed by atoms with Crippen LogP contribution in [-0.4, -0.2) is 26.5 Å². The minimum absolute atomic E-state index is 0.0512. The van der Waals surface area contributed by atoms with Crippen molar-refractivity contribution < 1.29 is 22.4 Å². The fourth-order valence-corrected chi connectivity index (χ4v) is 2.86. The van der Waals surface area contributed by atoms with Crippen LogP contribution in [-0.2, 0) is 9.84 Å². The van der Waals surface area contributed by atoms with Gasteiger partial charge in [0.2, 0.25) is 0 Å². The summed E-state index contributed by atoms with van der Waals surface area (Å²) in [5.74, 6) is -0.325. The second-order valence-electron chi connectivity index (χ2n) is 5.15. The highest BCUT2D eigenvalue weighted by Crippen LogP contribution is 2.20. The Kier molecular flexibility index (Phi) is 5.00. The van der Waals surface area contributed by atoms with Crippen molar-refractivity contribution in [2.75, 3.05) is 6.26 Å². The number of carbonyl (C=O) groups is 2. The number of aryl methyl sites for hydroxylation is 2. The van der Waals surface area contributed by atoms with Crippen LogP contribution in [0.15, 0.2) is 33.6 Å². The highest BCUT2D eigenvalue weighted by molar-refractivity contribution is 7.90. The molecule has 0 aliphatic carbocycles. The Hall–Kier alpha value is -2.32. The van der Waals surface area contributed by atoms with Gasteiger partial charge in [-0.3, -0.25) is 20.4 Å². The minimum atomic E-state index is -3.49. The Labute approximate surface area is 143 Å². The minimum Gasteiger partial charge on any atom is -0.466 e. The van der Waals surface area contributed by atoms with E-state index in [1.54, 1.807) is 13.8 Å². The molecule has 0 saturated heterocycles. The molecule has 0 aliphatic rings. The van der Waals surface area contributed by atoms with Gasteiger partial charge in [-0.25, -0.2) is 8.42 Å². The van der Waals surface area contributed by atoms with E-state index in [1.807, 2.05) is 0 Å². The summed E-state index contributed by atoms with van der Waals surface area (Å²) in [4.78, 5) is 24.1. The second kappa shape index (κ2) is 6.66. The van der Waals surface area contributed by atoms with Gasteiger partial charge in [-0.15, -0.1) is 0 Å². The van der Waals surface area contributed by atoms with Crippen LogP contribution in [0.4, 0.5) is 0 Å². The SMILES string of the molecule is Cc1cc(C(=O)NNC(=O)c2cc(S(C)(=O)=O)ccc2Cl)c(C)o1. The molecule has 0 atom stereocenters. The molecule has 0 unspecified atom stereocenters. The zero-order valence-corrected chi connectivity index (χ0v) is 14.7. The van der Waals surface area contributed by atoms with E-state index in [-0.39, 0.29) is 21.0 Å². The molecule has 0 spiro atoms. The van der Waals surface area contributed by atoms with E-state index in [0.717, 1.165) is 12.3 Å². The molecule has 7 nitrogen and oxygen atoms in total. The maximum absolute atomic E-state index is 12.1. The molecule has 1 aromatic carbocycles. The first-order valence-electron chi connectivity index (χ1n) is 6.77. The van der Waals surface area contributed by atoms with Gasteiger partial charge < -0.3 is 4.42 Å². The molecular formula is C15H15ClN2O5S. The van der Waals surface area contributed by atoms with E-state index in [0.29, 0.717) is 11.5 Å². The quantitative estimate of drug-likeness (QED) is 0.804. The Morgan fingerprint density at radius 1 is 1.04 bits per heavy atom. The van der Waals surface area contributed by atoms with Crippen LogP contribution in [0.2, 0.25) is 5.02 Å². The number of hydrogen-bond donors (Lipinski definition) is 2. The summed E-state index contributed by atoms with van der Waals surface area (Å²) in [6.45, 7) is 3.31. The van der Waals surface area contributed by atoms with Crippen LogP contribution in [0, 0.1) is 13.8 Å². The van der Waals surface area contributed by atoms with Gasteiger partial charge in [-0.05, 0) is 38.1 Å². The van der Waals surface area contributed by atoms with Gasteiger partial charge in [0.1, 0.15) is 11.5 Å². The van der Waals surface area contributed by atoms with Gasteiger partial charge in [0, 0.05) is 6.26 Å². The lowest BCUT2D eigenvalue weighted by molar-refractivity contribution is 0.0845. The van der Waals surface area contributed by atoms with Crippen molar-refractivity contribution >= 4 is 33.3 Å². The van der Waals surface area contributed by atoms with Gasteiger partial charge >= 0.3 is 0 Å². The molecule has 2 amide bonds. The standard InChI is InChI=1S/C15H15ClN2O5S/c1-8-6-11(9(2)23-8)14(19)17-18-15(20)12-7-10(24(3,21)22)4-5-13(12)16/h4-7H,1-3H3,(H,17,19)(H,18,20). The first-order valence-corrected chi connectivity index (χ1v) is 9.04. The van der Waals surface area contributed by atoms with Crippen molar-refractivity contribution in [3.05, 3.63) is 51.9 Å². The normalized spacial score (nSPS) is 11.2. The lowest BCUT2D eigenvalue weighted by atomic mass is 10.2. The van der Waals surface area contributed by atoms with Crippen LogP contribution < -0.4 is 10.9 Å². The zero-order valence-electron chi connectivity index (χ0n) is 13.1. The predicted molar refractivity (Wildman–Crippen MR) is 87.7 cm³/mol. The maximum Gasteiger partial charge on any atom is 0.273 e. The van der Waals surface area contributed by atoms with Crippen molar-refractivity contribution in [2.45, 2.75) is 18.7 Å². The van der Waals surface area contributed by atoms with Crippen LogP contribution in [0.25, 0.3) is 0 Å². The Bertz CT molecular complexity index is 918. The van der Waals surface area contributed by atoms with Crippen molar-refractivity contribution in [2.24, 2.45) is 0 Å². The number of benzene rings is 1. The van der Waals surface area contributed by atoms with Gasteiger partial charge in [0.05, 0.1) is 21.0 Å². The molecule has 1 aromatic heterocycles. The lowest BCUT2D eigenvalue weighted by Gasteiger charge is -2.09. The Morgan fingerprint density at radius 3 is 2.12 bits per heavy atom. The summed E-state index contributed by atoms with van der Waals surface area (Å²) >= 11 is 5.92. The number of nitrogens with one attached hydrogen (secondary N) is 2. The number of hydrogen-bond acceptors (Lipinski definition) is 5. The van der Waals surface area contributed by atoms with E-state index < -0.39 is 21.7 Å². The summed E-state index contributed by atoms with van der Waals surface area (Å²) < 4.78 is 28.3. The van der Waals surface area contributed by atoms with Crippen molar-refractivity contribution in [3.8, 4) is 0 Å². The average Bonchev–Trinajstić information content (AvgIpc) is 2.82. The third-order valence-electron chi connectivity index (χ3n) is 3.19. The maximum atomic E-state index is 12.1. The number of carbonyl (C=O) groups excluding carboxylic acids is 2. The van der Waals surface area contributed by atoms with Crippen molar-refractivity contribution in [3.63, 3.8) is 0 Å². The zero-order chi connectivity index (χ0) is 18.1. The van der Waals surface area contributed by atoms with E-state index in [9.17, 15) is 18.0 Å². The molecule has 2 N–H and O–H groups in total. The molecule has 128 valence electrons. The van der Waals surface area contributed by atoms with Crippen LogP contribution >= 0.6 is 11.6 Å². The third kappa shape index (κ3) is 3.95. The van der Waals surface area contributed by atoms with Gasteiger partial charge in [0.15, 0.2) is 9.84 Å². The molecular weight excluding hydrogens is 356 g/mol. The number of furan rings is 1. The van der Waals surface area contributed by atoms with E-state index in [1.165, 1.54) is 18.2 Å². The van der Waals surface area contributed by atoms with Gasteiger partial charge in [0.25, 0.3) is 11.8 Å². The number of halogens is 1. The lowest BCUT2D eigenvalue weighted by Crippen LogP contribution is -2.41. The van der Waals surface area contributed by atoms with Crippen LogP contribution in [0.3, 0.4) is 0 Å². The second-order valence-corrected chi connectivity index (χ2v) is 7.57. The monoisotopic (exact) mass is 370 g/mol. The molecule has 2 rings (SSSR count). The number of rotatable bonds is 3. The van der Waals surface area contributed by atoms with Gasteiger partial charge in [-0.2, -0.15) is 0 Å². The topological polar surface area (TPSA) is 105 Å². The summed E-state index contributed by atoms with van der Waals surface area (Å²) in [6, 6.07) is 5.28. The Morgan fingerprint density at radius 2 is 1.62 bits per heavy atom. The largest absolute Gasteiger partial charge is 0.466 e. The highest BCUT2D eigenvalue weighted by Gasteiger charge is 2.18. The molecule has 1 heterocycles. The fraction of sp³-hybridized carbons (Fsp3) is 0.200. The number of amides is 2. The molecule has 2 aromatic rings. The van der Waals surface area contributed by atoms with Crippen molar-refractivity contribution in [1.29, 1.82) is 0 Å². The van der Waals surface area contributed by atoms with E-state index in [2.05, 4.69) is 10.9 Å². The van der Waals surface area contributed by atoms with E-state index >= 15 is 0 Å². The third-order valence-corrected chi connectivity index (χ3v) is 4.63. The summed E-state index contributed by atoms with van der Waals surface area (Å²) in [5.41, 5.74) is 4.64. The fourth-order valence-electron chi connectivity index (χ4n) is 2.01. The first kappa shape index (κ1) is 18.0. The predicted octanol–water partition coefficient (Wildman–Crippen LogP) is 2.03. The average molecular weight is 371 g/mol. The summed E-state index contributed by atoms with van der Waals surface area (Å²) in [5, 5.41) is 0.0597. The number of sulfone groups is 1. The smallest absolute Gasteiger partial charge is 0.273 e. The first-order chi connectivity index (χ1) is 11.1. The summed E-state index contributed by atoms with van der Waals surface area (Å²) in [6.07, 6.45) is 1.02. The highest BCUT2D eigenvalue weighted by atomic mass is 35.5. The van der Waals surface area contributed by atoms with Crippen LogP contribution in [0.5, 0.6) is 0 Å². The van der Waals surface area contributed by atoms with Crippen LogP contribution in [0.1, 0.15) is 32.2 Å². The number of hydrazine groups is 1. The molecule has 9 heteroatoms. The molecule has 0 fully saturated rings. The molecule has 0 saturated carbocycles. The van der Waals surface area contributed by atoms with E-state index in [4.69, 9.17) is 16.0 Å². The van der Waals surface area contributed by atoms with Crippen molar-refractivity contribution in [1.82, 2.24) is 10.9 Å². The molecule has 24 heavy (non-hydrogen) atoms. The molecule has 0 bridgehead atoms. The molecule has 0 radical (unpaired) electrons. The van der Waals surface area contributed by atoms with Gasteiger partial charge in [-0.1, -0.05) is 11.6 Å². The Balaban J connectivity index is 2.16. The summed E-state index contributed by atoms with van der Waals surface area (Å²) in [7, 11) is -3.49.